The van der Waals surface area contributed by atoms with Crippen LogP contribution in [0.1, 0.15) is 51.5 Å². The Bertz CT molecular complexity index is 460. The van der Waals surface area contributed by atoms with Gasteiger partial charge in [0.15, 0.2) is 0 Å². The molecule has 0 bridgehead atoms. The highest BCUT2D eigenvalue weighted by molar-refractivity contribution is 5.56. The Labute approximate surface area is 122 Å². The summed E-state index contributed by atoms with van der Waals surface area (Å²) in [6, 6.07) is 6.55. The second kappa shape index (κ2) is 5.67. The third-order valence-corrected chi connectivity index (χ3v) is 5.09. The zero-order chi connectivity index (χ0) is 14.0. The number of benzene rings is 1. The fraction of sp³-hybridized carbons (Fsp3) is 0.667. The molecule has 1 aliphatic carbocycles. The van der Waals surface area contributed by atoms with Gasteiger partial charge in [0.1, 0.15) is 5.75 Å². The van der Waals surface area contributed by atoms with E-state index in [1.807, 2.05) is 0 Å². The molecule has 0 spiro atoms. The standard InChI is InChI=1S/C18H27NO/c1-14-7-9-18(2,10-8-14)13-20-16-6-5-15-4-3-11-19-17(15)12-16/h5-6,12,14,19H,3-4,7-11,13H2,1-2H3. The van der Waals surface area contributed by atoms with Crippen LogP contribution in [0, 0.1) is 11.3 Å². The summed E-state index contributed by atoms with van der Waals surface area (Å²) in [4.78, 5) is 0. The summed E-state index contributed by atoms with van der Waals surface area (Å²) in [6.07, 6.45) is 7.74. The molecule has 20 heavy (non-hydrogen) atoms. The van der Waals surface area contributed by atoms with E-state index in [0.717, 1.165) is 24.8 Å². The van der Waals surface area contributed by atoms with Crippen molar-refractivity contribution in [2.45, 2.75) is 52.4 Å². The fourth-order valence-corrected chi connectivity index (χ4v) is 3.39. The molecule has 0 atom stereocenters. The number of ether oxygens (including phenoxy) is 1. The number of hydrogen-bond acceptors (Lipinski definition) is 2. The van der Waals surface area contributed by atoms with Crippen LogP contribution in [0.3, 0.4) is 0 Å². The molecule has 1 N–H and O–H groups in total. The van der Waals surface area contributed by atoms with Crippen LogP contribution in [0.2, 0.25) is 0 Å². The van der Waals surface area contributed by atoms with Gasteiger partial charge in [0.25, 0.3) is 0 Å². The Morgan fingerprint density at radius 1 is 1.30 bits per heavy atom. The SMILES string of the molecule is CC1CCC(C)(COc2ccc3c(c2)NCCC3)CC1. The Morgan fingerprint density at radius 2 is 2.10 bits per heavy atom. The molecule has 1 saturated carbocycles. The van der Waals surface area contributed by atoms with Crippen molar-refractivity contribution in [2.75, 3.05) is 18.5 Å². The maximum absolute atomic E-state index is 6.11. The van der Waals surface area contributed by atoms with Gasteiger partial charge < -0.3 is 10.1 Å². The number of rotatable bonds is 3. The minimum Gasteiger partial charge on any atom is -0.493 e. The van der Waals surface area contributed by atoms with Crippen LogP contribution in [0.15, 0.2) is 18.2 Å². The van der Waals surface area contributed by atoms with Gasteiger partial charge >= 0.3 is 0 Å². The molecule has 1 heterocycles. The highest BCUT2D eigenvalue weighted by Crippen LogP contribution is 2.39. The van der Waals surface area contributed by atoms with Crippen LogP contribution in [0.5, 0.6) is 5.75 Å². The van der Waals surface area contributed by atoms with Crippen molar-refractivity contribution >= 4 is 5.69 Å². The summed E-state index contributed by atoms with van der Waals surface area (Å²) in [7, 11) is 0. The Hall–Kier alpha value is -1.18. The molecule has 2 aliphatic rings. The van der Waals surface area contributed by atoms with E-state index in [4.69, 9.17) is 4.74 Å². The highest BCUT2D eigenvalue weighted by atomic mass is 16.5. The van der Waals surface area contributed by atoms with Crippen LogP contribution in [-0.4, -0.2) is 13.2 Å². The molecule has 3 rings (SSSR count). The summed E-state index contributed by atoms with van der Waals surface area (Å²) in [5.74, 6) is 1.93. The van der Waals surface area contributed by atoms with E-state index in [9.17, 15) is 0 Å². The normalized spacial score (nSPS) is 29.4. The predicted molar refractivity (Wildman–Crippen MR) is 84.5 cm³/mol. The molecule has 0 saturated heterocycles. The van der Waals surface area contributed by atoms with Gasteiger partial charge in [-0.15, -0.1) is 0 Å². The van der Waals surface area contributed by atoms with Crippen molar-refractivity contribution in [1.82, 2.24) is 0 Å². The first-order valence-corrected chi connectivity index (χ1v) is 8.14. The van der Waals surface area contributed by atoms with Gasteiger partial charge in [-0.3, -0.25) is 0 Å². The molecule has 0 amide bonds. The first kappa shape index (κ1) is 13.8. The summed E-state index contributed by atoms with van der Waals surface area (Å²) >= 11 is 0. The number of hydrogen-bond donors (Lipinski definition) is 1. The predicted octanol–water partition coefficient (Wildman–Crippen LogP) is 4.64. The van der Waals surface area contributed by atoms with E-state index in [2.05, 4.69) is 37.4 Å². The van der Waals surface area contributed by atoms with Gasteiger partial charge in [0.2, 0.25) is 0 Å². The van der Waals surface area contributed by atoms with Crippen LogP contribution in [0.25, 0.3) is 0 Å². The largest absolute Gasteiger partial charge is 0.493 e. The van der Waals surface area contributed by atoms with E-state index in [-0.39, 0.29) is 0 Å². The quantitative estimate of drug-likeness (QED) is 0.866. The zero-order valence-electron chi connectivity index (χ0n) is 12.9. The van der Waals surface area contributed by atoms with Gasteiger partial charge in [-0.2, -0.15) is 0 Å². The second-order valence-corrected chi connectivity index (χ2v) is 7.13. The minimum absolute atomic E-state index is 0.371. The van der Waals surface area contributed by atoms with Crippen molar-refractivity contribution < 1.29 is 4.74 Å². The molecule has 0 unspecified atom stereocenters. The van der Waals surface area contributed by atoms with Gasteiger partial charge in [0, 0.05) is 23.7 Å². The van der Waals surface area contributed by atoms with Crippen molar-refractivity contribution in [3.8, 4) is 5.75 Å². The summed E-state index contributed by atoms with van der Waals surface area (Å²) < 4.78 is 6.11. The van der Waals surface area contributed by atoms with E-state index >= 15 is 0 Å². The first-order chi connectivity index (χ1) is 9.65. The Balaban J connectivity index is 1.61. The topological polar surface area (TPSA) is 21.3 Å². The number of aryl methyl sites for hydroxylation is 1. The number of nitrogens with one attached hydrogen (secondary N) is 1. The molecule has 0 radical (unpaired) electrons. The smallest absolute Gasteiger partial charge is 0.121 e. The van der Waals surface area contributed by atoms with Gasteiger partial charge in [-0.25, -0.2) is 0 Å². The summed E-state index contributed by atoms with van der Waals surface area (Å²) in [6.45, 7) is 6.70. The van der Waals surface area contributed by atoms with Gasteiger partial charge in [-0.05, 0) is 43.2 Å². The summed E-state index contributed by atoms with van der Waals surface area (Å²) in [5.41, 5.74) is 3.08. The van der Waals surface area contributed by atoms with Crippen molar-refractivity contribution in [1.29, 1.82) is 0 Å². The lowest BCUT2D eigenvalue weighted by atomic mass is 9.73. The lowest BCUT2D eigenvalue weighted by Gasteiger charge is -2.36. The van der Waals surface area contributed by atoms with E-state index in [0.29, 0.717) is 5.41 Å². The average Bonchev–Trinajstić information content (AvgIpc) is 2.48. The lowest BCUT2D eigenvalue weighted by Crippen LogP contribution is -2.30. The summed E-state index contributed by atoms with van der Waals surface area (Å²) in [5, 5.41) is 3.48. The van der Waals surface area contributed by atoms with Crippen LogP contribution < -0.4 is 10.1 Å². The molecule has 110 valence electrons. The average molecular weight is 273 g/mol. The van der Waals surface area contributed by atoms with E-state index < -0.39 is 0 Å². The van der Waals surface area contributed by atoms with Crippen molar-refractivity contribution in [2.24, 2.45) is 11.3 Å². The molecule has 0 aromatic heterocycles. The van der Waals surface area contributed by atoms with E-state index in [1.54, 1.807) is 0 Å². The third-order valence-electron chi connectivity index (χ3n) is 5.09. The third kappa shape index (κ3) is 3.11. The molecular formula is C18H27NO. The number of fused-ring (bicyclic) bond motifs is 1. The molecule has 2 nitrogen and oxygen atoms in total. The van der Waals surface area contributed by atoms with E-state index in [1.165, 1.54) is 49.8 Å². The van der Waals surface area contributed by atoms with Crippen LogP contribution >= 0.6 is 0 Å². The molecule has 2 heteroatoms. The molecule has 1 aliphatic heterocycles. The van der Waals surface area contributed by atoms with Gasteiger partial charge in [-0.1, -0.05) is 32.8 Å². The molecule has 1 aromatic rings. The maximum Gasteiger partial charge on any atom is 0.121 e. The minimum atomic E-state index is 0.371. The Morgan fingerprint density at radius 3 is 2.90 bits per heavy atom. The van der Waals surface area contributed by atoms with Crippen LogP contribution in [0.4, 0.5) is 5.69 Å². The van der Waals surface area contributed by atoms with Crippen molar-refractivity contribution in [3.63, 3.8) is 0 Å². The highest BCUT2D eigenvalue weighted by Gasteiger charge is 2.30. The molecule has 1 aromatic carbocycles. The maximum atomic E-state index is 6.11. The number of anilines is 1. The molecular weight excluding hydrogens is 246 g/mol. The van der Waals surface area contributed by atoms with Gasteiger partial charge in [0.05, 0.1) is 6.61 Å². The second-order valence-electron chi connectivity index (χ2n) is 7.13. The van der Waals surface area contributed by atoms with Crippen LogP contribution in [-0.2, 0) is 6.42 Å². The monoisotopic (exact) mass is 273 g/mol. The first-order valence-electron chi connectivity index (χ1n) is 8.14. The zero-order valence-corrected chi connectivity index (χ0v) is 12.9. The lowest BCUT2D eigenvalue weighted by molar-refractivity contribution is 0.0982. The molecule has 1 fully saturated rings. The Kier molecular flexibility index (Phi) is 3.91. The fourth-order valence-electron chi connectivity index (χ4n) is 3.39. The van der Waals surface area contributed by atoms with Crippen molar-refractivity contribution in [3.05, 3.63) is 23.8 Å².